The summed E-state index contributed by atoms with van der Waals surface area (Å²) in [5.74, 6) is 0. The Balaban J connectivity index is 3.36. The number of hydrogen-bond acceptors (Lipinski definition) is 7. The SMILES string of the molecule is CN(OCCOCCOCCOCCN=[N+]=[N-])C(=O)OC(C)(C)C. The molecule has 0 unspecified atom stereocenters. The van der Waals surface area contributed by atoms with Gasteiger partial charge in [-0.05, 0) is 26.3 Å². The number of amides is 1. The van der Waals surface area contributed by atoms with Gasteiger partial charge in [-0.2, -0.15) is 5.06 Å². The van der Waals surface area contributed by atoms with Crippen molar-refractivity contribution in [2.24, 2.45) is 5.11 Å². The van der Waals surface area contributed by atoms with E-state index in [1.54, 1.807) is 20.8 Å². The van der Waals surface area contributed by atoms with Crippen LogP contribution in [0, 0.1) is 0 Å². The van der Waals surface area contributed by atoms with Gasteiger partial charge in [0.25, 0.3) is 0 Å². The summed E-state index contributed by atoms with van der Waals surface area (Å²) in [6.07, 6.45) is -0.550. The molecule has 0 aliphatic heterocycles. The lowest BCUT2D eigenvalue weighted by molar-refractivity contribution is -0.143. The molecule has 0 aromatic rings. The van der Waals surface area contributed by atoms with Crippen LogP contribution < -0.4 is 0 Å². The molecule has 0 spiro atoms. The van der Waals surface area contributed by atoms with Gasteiger partial charge in [0.05, 0.1) is 46.2 Å². The van der Waals surface area contributed by atoms with Gasteiger partial charge in [-0.25, -0.2) is 4.79 Å². The number of hydrogen-bond donors (Lipinski definition) is 0. The van der Waals surface area contributed by atoms with Crippen LogP contribution in [0.25, 0.3) is 10.4 Å². The lowest BCUT2D eigenvalue weighted by atomic mass is 10.2. The summed E-state index contributed by atoms with van der Waals surface area (Å²) in [7, 11) is 1.49. The maximum Gasteiger partial charge on any atom is 0.434 e. The second kappa shape index (κ2) is 13.8. The number of azide groups is 1. The van der Waals surface area contributed by atoms with E-state index >= 15 is 0 Å². The van der Waals surface area contributed by atoms with E-state index in [-0.39, 0.29) is 6.61 Å². The van der Waals surface area contributed by atoms with Crippen molar-refractivity contribution in [3.05, 3.63) is 10.4 Å². The van der Waals surface area contributed by atoms with Crippen molar-refractivity contribution in [3.63, 3.8) is 0 Å². The normalized spacial score (nSPS) is 11.0. The minimum absolute atomic E-state index is 0.234. The molecule has 24 heavy (non-hydrogen) atoms. The molecule has 0 aromatic carbocycles. The highest BCUT2D eigenvalue weighted by Crippen LogP contribution is 2.09. The van der Waals surface area contributed by atoms with Crippen molar-refractivity contribution in [1.82, 2.24) is 5.06 Å². The average Bonchev–Trinajstić information content (AvgIpc) is 2.50. The molecule has 0 heterocycles. The van der Waals surface area contributed by atoms with E-state index in [9.17, 15) is 4.79 Å². The van der Waals surface area contributed by atoms with E-state index in [2.05, 4.69) is 10.0 Å². The molecule has 0 saturated carbocycles. The van der Waals surface area contributed by atoms with Gasteiger partial charge in [-0.15, -0.1) is 0 Å². The maximum absolute atomic E-state index is 11.6. The highest BCUT2D eigenvalue weighted by atomic mass is 16.7. The van der Waals surface area contributed by atoms with Gasteiger partial charge < -0.3 is 18.9 Å². The number of carbonyl (C=O) groups is 1. The van der Waals surface area contributed by atoms with Gasteiger partial charge in [0.2, 0.25) is 0 Å². The Bertz CT molecular complexity index is 382. The van der Waals surface area contributed by atoms with Crippen molar-refractivity contribution in [2.75, 3.05) is 59.8 Å². The Morgan fingerprint density at radius 1 is 1.00 bits per heavy atom. The molecule has 10 heteroatoms. The summed E-state index contributed by atoms with van der Waals surface area (Å²) in [4.78, 5) is 19.4. The molecule has 0 aromatic heterocycles. The first kappa shape index (κ1) is 22.4. The number of ether oxygens (including phenoxy) is 4. The lowest BCUT2D eigenvalue weighted by Crippen LogP contribution is -2.35. The zero-order chi connectivity index (χ0) is 18.3. The van der Waals surface area contributed by atoms with Gasteiger partial charge in [-0.3, -0.25) is 4.84 Å². The molecule has 140 valence electrons. The Labute approximate surface area is 142 Å². The first-order valence-electron chi connectivity index (χ1n) is 7.70. The molecule has 0 aliphatic rings. The standard InChI is InChI=1S/C14H28N4O6/c1-14(2,3)24-13(19)18(4)23-12-11-22-10-9-21-8-7-20-6-5-16-17-15/h5-12H2,1-4H3. The smallest absolute Gasteiger partial charge is 0.434 e. The highest BCUT2D eigenvalue weighted by molar-refractivity contribution is 5.66. The van der Waals surface area contributed by atoms with Gasteiger partial charge in [0.15, 0.2) is 0 Å². The minimum atomic E-state index is -0.560. The van der Waals surface area contributed by atoms with E-state index in [1.807, 2.05) is 0 Å². The van der Waals surface area contributed by atoms with E-state index in [0.717, 1.165) is 5.06 Å². The molecule has 0 atom stereocenters. The van der Waals surface area contributed by atoms with Crippen LogP contribution in [0.4, 0.5) is 4.79 Å². The van der Waals surface area contributed by atoms with Crippen LogP contribution in [0.1, 0.15) is 20.8 Å². The predicted octanol–water partition coefficient (Wildman–Crippen LogP) is 2.15. The van der Waals surface area contributed by atoms with Gasteiger partial charge in [-0.1, -0.05) is 5.11 Å². The third-order valence-electron chi connectivity index (χ3n) is 2.31. The average molecular weight is 348 g/mol. The maximum atomic E-state index is 11.6. The van der Waals surface area contributed by atoms with Crippen LogP contribution in [0.15, 0.2) is 5.11 Å². The number of rotatable bonds is 13. The molecule has 0 aliphatic carbocycles. The predicted molar refractivity (Wildman–Crippen MR) is 86.4 cm³/mol. The molecule has 0 saturated heterocycles. The summed E-state index contributed by atoms with van der Waals surface area (Å²) in [6, 6.07) is 0. The van der Waals surface area contributed by atoms with E-state index in [4.69, 9.17) is 29.3 Å². The fourth-order valence-electron chi connectivity index (χ4n) is 1.30. The largest absolute Gasteiger partial charge is 0.442 e. The second-order valence-electron chi connectivity index (χ2n) is 5.60. The van der Waals surface area contributed by atoms with Crippen LogP contribution in [-0.2, 0) is 23.8 Å². The molecule has 10 nitrogen and oxygen atoms in total. The van der Waals surface area contributed by atoms with E-state index < -0.39 is 11.7 Å². The Morgan fingerprint density at radius 2 is 1.50 bits per heavy atom. The van der Waals surface area contributed by atoms with Crippen molar-refractivity contribution in [2.45, 2.75) is 26.4 Å². The molecule has 0 bridgehead atoms. The van der Waals surface area contributed by atoms with Crippen LogP contribution in [0.3, 0.4) is 0 Å². The molecule has 0 radical (unpaired) electrons. The van der Waals surface area contributed by atoms with Crippen LogP contribution in [-0.4, -0.2) is 76.6 Å². The van der Waals surface area contributed by atoms with Crippen molar-refractivity contribution >= 4 is 6.09 Å². The Morgan fingerprint density at radius 3 is 2.00 bits per heavy atom. The Hall–Kier alpha value is -1.58. The molecule has 1 amide bonds. The lowest BCUT2D eigenvalue weighted by Gasteiger charge is -2.23. The molecular formula is C14H28N4O6. The zero-order valence-corrected chi connectivity index (χ0v) is 14.9. The van der Waals surface area contributed by atoms with Gasteiger partial charge in [0.1, 0.15) is 5.60 Å². The quantitative estimate of drug-likeness (QED) is 0.165. The topological polar surface area (TPSA) is 115 Å². The van der Waals surface area contributed by atoms with Gasteiger partial charge in [0, 0.05) is 18.5 Å². The Kier molecular flexibility index (Phi) is 12.9. The molecule has 0 rings (SSSR count). The van der Waals surface area contributed by atoms with E-state index in [0.29, 0.717) is 46.2 Å². The van der Waals surface area contributed by atoms with Crippen LogP contribution >= 0.6 is 0 Å². The summed E-state index contributed by atoms with van der Waals surface area (Å²) in [5.41, 5.74) is 7.50. The van der Waals surface area contributed by atoms with E-state index in [1.165, 1.54) is 7.05 Å². The molecule has 0 fully saturated rings. The minimum Gasteiger partial charge on any atom is -0.442 e. The first-order valence-corrected chi connectivity index (χ1v) is 7.70. The molecular weight excluding hydrogens is 320 g/mol. The fourth-order valence-corrected chi connectivity index (χ4v) is 1.30. The zero-order valence-electron chi connectivity index (χ0n) is 14.9. The van der Waals surface area contributed by atoms with Crippen molar-refractivity contribution in [1.29, 1.82) is 0 Å². The molecule has 0 N–H and O–H groups in total. The number of hydroxylamine groups is 2. The third-order valence-corrected chi connectivity index (χ3v) is 2.31. The summed E-state index contributed by atoms with van der Waals surface area (Å²) >= 11 is 0. The van der Waals surface area contributed by atoms with Crippen LogP contribution in [0.2, 0.25) is 0 Å². The fraction of sp³-hybridized carbons (Fsp3) is 0.929. The third kappa shape index (κ3) is 15.3. The second-order valence-corrected chi connectivity index (χ2v) is 5.60. The highest BCUT2D eigenvalue weighted by Gasteiger charge is 2.19. The summed E-state index contributed by atoms with van der Waals surface area (Å²) in [5, 5.41) is 4.38. The summed E-state index contributed by atoms with van der Waals surface area (Å²) in [6.45, 7) is 8.34. The van der Waals surface area contributed by atoms with Crippen molar-refractivity contribution < 1.29 is 28.6 Å². The van der Waals surface area contributed by atoms with Crippen LogP contribution in [0.5, 0.6) is 0 Å². The van der Waals surface area contributed by atoms with Crippen molar-refractivity contribution in [3.8, 4) is 0 Å². The first-order chi connectivity index (χ1) is 11.4. The monoisotopic (exact) mass is 348 g/mol. The van der Waals surface area contributed by atoms with Gasteiger partial charge >= 0.3 is 6.09 Å². The number of carbonyl (C=O) groups excluding carboxylic acids is 1. The summed E-state index contributed by atoms with van der Waals surface area (Å²) < 4.78 is 20.9. The number of nitrogens with zero attached hydrogens (tertiary/aromatic N) is 4.